The summed E-state index contributed by atoms with van der Waals surface area (Å²) in [5.41, 5.74) is 5.97. The molecule has 1 rings (SSSR count). The van der Waals surface area contributed by atoms with Gasteiger partial charge in [-0.1, -0.05) is 26.7 Å². The van der Waals surface area contributed by atoms with Crippen LogP contribution in [0.5, 0.6) is 0 Å². The molecule has 0 spiro atoms. The number of nitrogens with one attached hydrogen (secondary N) is 1. The van der Waals surface area contributed by atoms with Crippen molar-refractivity contribution < 1.29 is 19.1 Å². The second-order valence-corrected chi connectivity index (χ2v) is 7.99. The van der Waals surface area contributed by atoms with Gasteiger partial charge in [-0.05, 0) is 52.4 Å². The van der Waals surface area contributed by atoms with Crippen molar-refractivity contribution in [3.63, 3.8) is 0 Å². The summed E-state index contributed by atoms with van der Waals surface area (Å²) in [6.07, 6.45) is 2.71. The van der Waals surface area contributed by atoms with Crippen molar-refractivity contribution in [2.24, 2.45) is 23.5 Å². The van der Waals surface area contributed by atoms with Gasteiger partial charge in [-0.25, -0.2) is 4.79 Å². The number of hydrogen-bond donors (Lipinski definition) is 2. The van der Waals surface area contributed by atoms with Gasteiger partial charge >= 0.3 is 12.1 Å². The summed E-state index contributed by atoms with van der Waals surface area (Å²) in [5, 5.41) is 2.95. The highest BCUT2D eigenvalue weighted by atomic mass is 16.6. The van der Waals surface area contributed by atoms with Crippen LogP contribution in [0.15, 0.2) is 0 Å². The largest absolute Gasteiger partial charge is 0.466 e. The summed E-state index contributed by atoms with van der Waals surface area (Å²) in [4.78, 5) is 24.4. The van der Waals surface area contributed by atoms with Gasteiger partial charge < -0.3 is 20.5 Å². The minimum absolute atomic E-state index is 0.0480. The molecule has 1 unspecified atom stereocenters. The first-order valence-corrected chi connectivity index (χ1v) is 9.54. The maximum Gasteiger partial charge on any atom is 0.407 e. The zero-order valence-corrected chi connectivity index (χ0v) is 16.6. The molecule has 0 aliphatic heterocycles. The molecule has 1 amide bonds. The molecule has 0 heterocycles. The Morgan fingerprint density at radius 3 is 2.24 bits per heavy atom. The molecule has 6 nitrogen and oxygen atoms in total. The van der Waals surface area contributed by atoms with E-state index >= 15 is 0 Å². The normalized spacial score (nSPS) is 24.9. The van der Waals surface area contributed by atoms with E-state index in [0.717, 1.165) is 12.8 Å². The quantitative estimate of drug-likeness (QED) is 0.683. The predicted molar refractivity (Wildman–Crippen MR) is 98.1 cm³/mol. The van der Waals surface area contributed by atoms with Crippen LogP contribution in [-0.2, 0) is 14.3 Å². The van der Waals surface area contributed by atoms with Crippen LogP contribution in [0.25, 0.3) is 0 Å². The highest BCUT2D eigenvalue weighted by molar-refractivity contribution is 5.73. The summed E-state index contributed by atoms with van der Waals surface area (Å²) in [7, 11) is 0. The van der Waals surface area contributed by atoms with Gasteiger partial charge in [-0.3, -0.25) is 4.79 Å². The summed E-state index contributed by atoms with van der Waals surface area (Å²) in [6.45, 7) is 11.9. The second-order valence-electron chi connectivity index (χ2n) is 7.99. The van der Waals surface area contributed by atoms with Crippen LogP contribution in [0.4, 0.5) is 4.79 Å². The van der Waals surface area contributed by atoms with Crippen molar-refractivity contribution in [3.8, 4) is 0 Å². The lowest BCUT2D eigenvalue weighted by molar-refractivity contribution is -0.147. The maximum atomic E-state index is 12.2. The monoisotopic (exact) mass is 356 g/mol. The van der Waals surface area contributed by atoms with Crippen molar-refractivity contribution in [2.75, 3.05) is 6.61 Å². The molecule has 1 saturated carbocycles. The first-order chi connectivity index (χ1) is 11.6. The molecule has 0 aromatic rings. The third kappa shape index (κ3) is 6.49. The number of carbonyl (C=O) groups is 2. The van der Waals surface area contributed by atoms with E-state index in [4.69, 9.17) is 15.2 Å². The maximum absolute atomic E-state index is 12.2. The molecular weight excluding hydrogens is 320 g/mol. The highest BCUT2D eigenvalue weighted by Crippen LogP contribution is 2.37. The number of alkyl carbamates (subject to hydrolysis) is 1. The zero-order chi connectivity index (χ0) is 19.2. The average molecular weight is 357 g/mol. The Labute approximate surface area is 152 Å². The molecule has 3 N–H and O–H groups in total. The van der Waals surface area contributed by atoms with Gasteiger partial charge in [0.05, 0.1) is 12.5 Å². The van der Waals surface area contributed by atoms with Gasteiger partial charge in [0, 0.05) is 12.1 Å². The Bertz CT molecular complexity index is 443. The van der Waals surface area contributed by atoms with Crippen LogP contribution in [0.3, 0.4) is 0 Å². The topological polar surface area (TPSA) is 90.6 Å². The molecule has 1 fully saturated rings. The first kappa shape index (κ1) is 21.7. The van der Waals surface area contributed by atoms with Crippen molar-refractivity contribution in [1.29, 1.82) is 0 Å². The summed E-state index contributed by atoms with van der Waals surface area (Å²) in [5.74, 6) is 0.00346. The number of esters is 1. The van der Waals surface area contributed by atoms with Gasteiger partial charge in [-0.2, -0.15) is 0 Å². The van der Waals surface area contributed by atoms with Crippen molar-refractivity contribution >= 4 is 12.1 Å². The minimum Gasteiger partial charge on any atom is -0.466 e. The third-order valence-corrected chi connectivity index (χ3v) is 5.02. The molecule has 25 heavy (non-hydrogen) atoms. The van der Waals surface area contributed by atoms with E-state index in [0.29, 0.717) is 25.4 Å². The summed E-state index contributed by atoms with van der Waals surface area (Å²) < 4.78 is 10.6. The van der Waals surface area contributed by atoms with E-state index in [9.17, 15) is 9.59 Å². The van der Waals surface area contributed by atoms with Gasteiger partial charge in [0.1, 0.15) is 5.60 Å². The number of ether oxygens (including phenoxy) is 2. The van der Waals surface area contributed by atoms with Gasteiger partial charge in [-0.15, -0.1) is 0 Å². The van der Waals surface area contributed by atoms with Crippen LogP contribution in [-0.4, -0.2) is 36.4 Å². The average Bonchev–Trinajstić information content (AvgIpc) is 2.90. The fourth-order valence-corrected chi connectivity index (χ4v) is 3.76. The van der Waals surface area contributed by atoms with E-state index in [1.54, 1.807) is 6.92 Å². The fraction of sp³-hybridized carbons (Fsp3) is 0.895. The van der Waals surface area contributed by atoms with Gasteiger partial charge in [0.25, 0.3) is 0 Å². The fourth-order valence-electron chi connectivity index (χ4n) is 3.76. The molecule has 146 valence electrons. The number of rotatable bonds is 7. The van der Waals surface area contributed by atoms with E-state index in [1.165, 1.54) is 0 Å². The molecular formula is C19H36N2O4. The number of carbonyl (C=O) groups excluding carboxylic acids is 2. The Morgan fingerprint density at radius 2 is 1.76 bits per heavy atom. The van der Waals surface area contributed by atoms with Crippen LogP contribution >= 0.6 is 0 Å². The van der Waals surface area contributed by atoms with Gasteiger partial charge in [0.15, 0.2) is 0 Å². The van der Waals surface area contributed by atoms with Crippen molar-refractivity contribution in [3.05, 3.63) is 0 Å². The van der Waals surface area contributed by atoms with E-state index < -0.39 is 11.7 Å². The van der Waals surface area contributed by atoms with E-state index in [-0.39, 0.29) is 29.9 Å². The second kappa shape index (κ2) is 9.41. The summed E-state index contributed by atoms with van der Waals surface area (Å²) in [6, 6.07) is -0.228. The van der Waals surface area contributed by atoms with E-state index in [1.807, 2.05) is 20.8 Å². The first-order valence-electron chi connectivity index (χ1n) is 9.54. The van der Waals surface area contributed by atoms with Crippen molar-refractivity contribution in [1.82, 2.24) is 5.32 Å². The molecule has 0 aromatic carbocycles. The lowest BCUT2D eigenvalue weighted by Crippen LogP contribution is -2.48. The predicted octanol–water partition coefficient (Wildman–Crippen LogP) is 3.23. The van der Waals surface area contributed by atoms with E-state index in [2.05, 4.69) is 19.2 Å². The minimum atomic E-state index is -0.559. The van der Waals surface area contributed by atoms with Crippen LogP contribution in [0.2, 0.25) is 0 Å². The Hall–Kier alpha value is -1.30. The molecule has 4 atom stereocenters. The number of amides is 1. The molecule has 6 heteroatoms. The molecule has 0 saturated heterocycles. The molecule has 0 aromatic heterocycles. The Balaban J connectivity index is 2.87. The number of nitrogens with two attached hydrogens (primary N) is 1. The summed E-state index contributed by atoms with van der Waals surface area (Å²) >= 11 is 0. The Morgan fingerprint density at radius 1 is 1.16 bits per heavy atom. The smallest absolute Gasteiger partial charge is 0.407 e. The molecule has 1 aliphatic carbocycles. The third-order valence-electron chi connectivity index (χ3n) is 5.02. The molecule has 0 bridgehead atoms. The van der Waals surface area contributed by atoms with Crippen LogP contribution in [0, 0.1) is 17.8 Å². The lowest BCUT2D eigenvalue weighted by atomic mass is 9.82. The number of hydrogen-bond acceptors (Lipinski definition) is 5. The lowest BCUT2D eigenvalue weighted by Gasteiger charge is -2.32. The standard InChI is InChI=1S/C19H36N2O4/c1-7-12(8-2)16(20)14-10-13(17(22)24-9-3)11-15(14)21-18(23)25-19(4,5)6/h12-16H,7-11,20H2,1-6H3,(H,21,23)/t13-,14-,15-,16?/m1/s1. The highest BCUT2D eigenvalue weighted by Gasteiger charge is 2.43. The molecule has 0 radical (unpaired) electrons. The molecule has 1 aliphatic rings. The van der Waals surface area contributed by atoms with Gasteiger partial charge in [0.2, 0.25) is 0 Å². The van der Waals surface area contributed by atoms with Crippen molar-refractivity contribution in [2.45, 2.75) is 84.9 Å². The van der Waals surface area contributed by atoms with Crippen LogP contribution < -0.4 is 11.1 Å². The van der Waals surface area contributed by atoms with Crippen LogP contribution in [0.1, 0.15) is 67.2 Å². The Kier molecular flexibility index (Phi) is 8.19. The SMILES string of the molecule is CCOC(=O)[C@H]1C[C@@H](NC(=O)OC(C)(C)C)[C@H](C(N)C(CC)CC)C1. The zero-order valence-electron chi connectivity index (χ0n) is 16.6.